The van der Waals surface area contributed by atoms with E-state index >= 15 is 0 Å². The van der Waals surface area contributed by atoms with E-state index in [0.717, 1.165) is 13.0 Å². The SMILES string of the molecule is CCC1(CNc2ccc(S(N)(=O)=O)cc2C(=O)OC)CC1. The van der Waals surface area contributed by atoms with Crippen LogP contribution in [0.2, 0.25) is 0 Å². The molecule has 0 atom stereocenters. The maximum Gasteiger partial charge on any atom is 0.340 e. The van der Waals surface area contributed by atoms with Gasteiger partial charge in [-0.15, -0.1) is 0 Å². The van der Waals surface area contributed by atoms with E-state index in [1.807, 2.05) is 0 Å². The second-order valence-corrected chi connectivity index (χ2v) is 7.01. The van der Waals surface area contributed by atoms with Gasteiger partial charge in [0, 0.05) is 12.2 Å². The Labute approximate surface area is 124 Å². The smallest absolute Gasteiger partial charge is 0.340 e. The molecule has 1 aromatic rings. The largest absolute Gasteiger partial charge is 0.465 e. The summed E-state index contributed by atoms with van der Waals surface area (Å²) in [6, 6.07) is 4.18. The van der Waals surface area contributed by atoms with Crippen molar-refractivity contribution in [3.63, 3.8) is 0 Å². The lowest BCUT2D eigenvalue weighted by atomic mass is 10.0. The minimum atomic E-state index is -3.86. The van der Waals surface area contributed by atoms with Gasteiger partial charge in [-0.3, -0.25) is 0 Å². The lowest BCUT2D eigenvalue weighted by Gasteiger charge is -2.17. The van der Waals surface area contributed by atoms with Crippen LogP contribution < -0.4 is 10.5 Å². The summed E-state index contributed by atoms with van der Waals surface area (Å²) in [5.41, 5.74) is 1.04. The molecule has 6 nitrogen and oxygen atoms in total. The number of primary sulfonamides is 1. The van der Waals surface area contributed by atoms with Crippen molar-refractivity contribution in [1.29, 1.82) is 0 Å². The van der Waals surface area contributed by atoms with Crippen LogP contribution in [0.4, 0.5) is 5.69 Å². The average molecular weight is 312 g/mol. The van der Waals surface area contributed by atoms with E-state index in [2.05, 4.69) is 12.2 Å². The van der Waals surface area contributed by atoms with E-state index in [-0.39, 0.29) is 10.5 Å². The van der Waals surface area contributed by atoms with Gasteiger partial charge in [-0.05, 0) is 42.9 Å². The monoisotopic (exact) mass is 312 g/mol. The van der Waals surface area contributed by atoms with E-state index in [1.165, 1.54) is 32.1 Å². The predicted octanol–water partition coefficient (Wildman–Crippen LogP) is 1.72. The van der Waals surface area contributed by atoms with E-state index in [9.17, 15) is 13.2 Å². The Balaban J connectivity index is 2.29. The first-order chi connectivity index (χ1) is 9.81. The molecule has 116 valence electrons. The lowest BCUT2D eigenvalue weighted by Crippen LogP contribution is -2.18. The van der Waals surface area contributed by atoms with Crippen molar-refractivity contribution in [2.24, 2.45) is 10.6 Å². The van der Waals surface area contributed by atoms with E-state index < -0.39 is 16.0 Å². The fourth-order valence-corrected chi connectivity index (χ4v) is 2.79. The highest BCUT2D eigenvalue weighted by Gasteiger charge is 2.40. The summed E-state index contributed by atoms with van der Waals surface area (Å²) in [6.07, 6.45) is 3.40. The molecule has 0 aromatic heterocycles. The maximum atomic E-state index is 11.8. The van der Waals surface area contributed by atoms with Crippen molar-refractivity contribution in [2.75, 3.05) is 19.0 Å². The number of nitrogens with one attached hydrogen (secondary N) is 1. The number of methoxy groups -OCH3 is 1. The second kappa shape index (κ2) is 5.65. The third kappa shape index (κ3) is 3.54. The molecule has 0 radical (unpaired) electrons. The fraction of sp³-hybridized carbons (Fsp3) is 0.500. The number of ether oxygens (including phenoxy) is 1. The van der Waals surface area contributed by atoms with Crippen LogP contribution in [-0.4, -0.2) is 28.0 Å². The molecule has 2 rings (SSSR count). The highest BCUT2D eigenvalue weighted by Crippen LogP contribution is 2.48. The van der Waals surface area contributed by atoms with Crippen LogP contribution in [0.3, 0.4) is 0 Å². The van der Waals surface area contributed by atoms with Crippen LogP contribution >= 0.6 is 0 Å². The molecule has 7 heteroatoms. The van der Waals surface area contributed by atoms with Crippen molar-refractivity contribution < 1.29 is 17.9 Å². The van der Waals surface area contributed by atoms with Gasteiger partial charge in [0.25, 0.3) is 0 Å². The Morgan fingerprint density at radius 3 is 2.57 bits per heavy atom. The first-order valence-corrected chi connectivity index (χ1v) is 8.35. The van der Waals surface area contributed by atoms with Gasteiger partial charge < -0.3 is 10.1 Å². The van der Waals surface area contributed by atoms with Crippen molar-refractivity contribution in [3.8, 4) is 0 Å². The summed E-state index contributed by atoms with van der Waals surface area (Å²) in [4.78, 5) is 11.7. The zero-order valence-corrected chi connectivity index (χ0v) is 13.0. The number of carbonyl (C=O) groups excluding carboxylic acids is 1. The quantitative estimate of drug-likeness (QED) is 0.779. The number of nitrogens with two attached hydrogens (primary N) is 1. The van der Waals surface area contributed by atoms with Crippen LogP contribution in [-0.2, 0) is 14.8 Å². The molecule has 0 aliphatic heterocycles. The fourth-order valence-electron chi connectivity index (χ4n) is 2.25. The summed E-state index contributed by atoms with van der Waals surface area (Å²) in [5, 5.41) is 8.32. The summed E-state index contributed by atoms with van der Waals surface area (Å²) < 4.78 is 27.5. The van der Waals surface area contributed by atoms with Crippen molar-refractivity contribution in [3.05, 3.63) is 23.8 Å². The molecule has 1 saturated carbocycles. The van der Waals surface area contributed by atoms with Crippen LogP contribution in [0.15, 0.2) is 23.1 Å². The van der Waals surface area contributed by atoms with Crippen LogP contribution in [0.5, 0.6) is 0 Å². The molecular weight excluding hydrogens is 292 g/mol. The number of esters is 1. The van der Waals surface area contributed by atoms with Gasteiger partial charge in [0.1, 0.15) is 0 Å². The minimum absolute atomic E-state index is 0.106. The Hall–Kier alpha value is -1.60. The first-order valence-electron chi connectivity index (χ1n) is 6.80. The van der Waals surface area contributed by atoms with Crippen molar-refractivity contribution in [1.82, 2.24) is 0 Å². The third-order valence-electron chi connectivity index (χ3n) is 4.09. The number of benzene rings is 1. The van der Waals surface area contributed by atoms with E-state index in [1.54, 1.807) is 6.07 Å². The Kier molecular flexibility index (Phi) is 4.25. The van der Waals surface area contributed by atoms with Gasteiger partial charge in [0.15, 0.2) is 0 Å². The zero-order chi connectivity index (χ0) is 15.7. The van der Waals surface area contributed by atoms with Gasteiger partial charge >= 0.3 is 5.97 Å². The molecule has 0 saturated heterocycles. The summed E-state index contributed by atoms with van der Waals surface area (Å²) in [6.45, 7) is 2.89. The molecule has 0 unspecified atom stereocenters. The van der Waals surface area contributed by atoms with Crippen LogP contribution in [0.1, 0.15) is 36.5 Å². The van der Waals surface area contributed by atoms with Crippen LogP contribution in [0, 0.1) is 5.41 Å². The molecule has 3 N–H and O–H groups in total. The minimum Gasteiger partial charge on any atom is -0.465 e. The molecule has 0 spiro atoms. The van der Waals surface area contributed by atoms with Crippen LogP contribution in [0.25, 0.3) is 0 Å². The standard InChI is InChI=1S/C14H20N2O4S/c1-3-14(6-7-14)9-16-12-5-4-10(21(15,18)19)8-11(12)13(17)20-2/h4-5,8,16H,3,6-7,9H2,1-2H3,(H2,15,18,19). The molecule has 21 heavy (non-hydrogen) atoms. The van der Waals surface area contributed by atoms with E-state index in [4.69, 9.17) is 9.88 Å². The second-order valence-electron chi connectivity index (χ2n) is 5.45. The Bertz CT molecular complexity index is 651. The Morgan fingerprint density at radius 2 is 2.10 bits per heavy atom. The van der Waals surface area contributed by atoms with Gasteiger partial charge in [0.05, 0.1) is 17.6 Å². The molecule has 1 fully saturated rings. The van der Waals surface area contributed by atoms with Crippen molar-refractivity contribution >= 4 is 21.7 Å². The predicted molar refractivity (Wildman–Crippen MR) is 79.6 cm³/mol. The molecular formula is C14H20N2O4S. The highest BCUT2D eigenvalue weighted by atomic mass is 32.2. The number of anilines is 1. The van der Waals surface area contributed by atoms with Gasteiger partial charge in [-0.1, -0.05) is 6.92 Å². The molecule has 1 aromatic carbocycles. The number of hydrogen-bond acceptors (Lipinski definition) is 5. The molecule has 1 aliphatic rings. The normalized spacial score (nSPS) is 16.3. The average Bonchev–Trinajstić information content (AvgIpc) is 3.23. The molecule has 0 bridgehead atoms. The summed E-state index contributed by atoms with van der Waals surface area (Å²) in [7, 11) is -2.60. The molecule has 0 heterocycles. The summed E-state index contributed by atoms with van der Waals surface area (Å²) in [5.74, 6) is -0.593. The first kappa shape index (κ1) is 15.8. The number of hydrogen-bond donors (Lipinski definition) is 2. The zero-order valence-electron chi connectivity index (χ0n) is 12.2. The molecule has 0 amide bonds. The van der Waals surface area contributed by atoms with E-state index in [0.29, 0.717) is 11.1 Å². The molecule has 1 aliphatic carbocycles. The third-order valence-corrected chi connectivity index (χ3v) is 5.00. The maximum absolute atomic E-state index is 11.8. The highest BCUT2D eigenvalue weighted by molar-refractivity contribution is 7.89. The van der Waals surface area contributed by atoms with Gasteiger partial charge in [0.2, 0.25) is 10.0 Å². The Morgan fingerprint density at radius 1 is 1.43 bits per heavy atom. The number of sulfonamides is 1. The number of rotatable bonds is 6. The topological polar surface area (TPSA) is 98.5 Å². The number of carbonyl (C=O) groups is 1. The summed E-state index contributed by atoms with van der Waals surface area (Å²) >= 11 is 0. The lowest BCUT2D eigenvalue weighted by molar-refractivity contribution is 0.0601. The van der Waals surface area contributed by atoms with Gasteiger partial charge in [-0.2, -0.15) is 0 Å². The van der Waals surface area contributed by atoms with Gasteiger partial charge in [-0.25, -0.2) is 18.4 Å². The van der Waals surface area contributed by atoms with Crippen molar-refractivity contribution in [2.45, 2.75) is 31.1 Å².